The van der Waals surface area contributed by atoms with Crippen LogP contribution >= 0.6 is 0 Å². The van der Waals surface area contributed by atoms with Crippen molar-refractivity contribution in [3.8, 4) is 5.75 Å². The smallest absolute Gasteiger partial charge is 0.261 e. The fourth-order valence-electron chi connectivity index (χ4n) is 4.41. The molecule has 4 rings (SSSR count). The van der Waals surface area contributed by atoms with E-state index < -0.39 is 0 Å². The summed E-state index contributed by atoms with van der Waals surface area (Å²) in [5.74, 6) is 0.658. The Morgan fingerprint density at radius 1 is 0.931 bits per heavy atom. The molecule has 2 aromatic carbocycles. The lowest BCUT2D eigenvalue weighted by Crippen LogP contribution is -3.27. The van der Waals surface area contributed by atoms with E-state index in [1.54, 1.807) is 24.1 Å². The van der Waals surface area contributed by atoms with Gasteiger partial charge in [0, 0.05) is 5.56 Å². The van der Waals surface area contributed by atoms with Crippen LogP contribution in [0.15, 0.2) is 42.5 Å². The predicted octanol–water partition coefficient (Wildman–Crippen LogP) is -0.417. The minimum absolute atomic E-state index is 0.152. The molecule has 152 valence electrons. The summed E-state index contributed by atoms with van der Waals surface area (Å²) in [6, 6.07) is 13.4. The van der Waals surface area contributed by atoms with Crippen molar-refractivity contribution in [3.05, 3.63) is 64.7 Å². The second-order valence-electron chi connectivity index (χ2n) is 8.05. The number of aryl methyl sites for hydroxylation is 1. The third-order valence-electron chi connectivity index (χ3n) is 6.11. The fraction of sp³-hybridized carbons (Fsp3) is 0.391. The van der Waals surface area contributed by atoms with Gasteiger partial charge < -0.3 is 14.5 Å². The first-order valence-electron chi connectivity index (χ1n) is 10.3. The van der Waals surface area contributed by atoms with Gasteiger partial charge in [-0.25, -0.2) is 0 Å². The van der Waals surface area contributed by atoms with Crippen LogP contribution in [0.5, 0.6) is 5.75 Å². The Kier molecular flexibility index (Phi) is 5.65. The quantitative estimate of drug-likeness (QED) is 0.654. The zero-order chi connectivity index (χ0) is 20.4. The highest BCUT2D eigenvalue weighted by Gasteiger charge is 2.36. The van der Waals surface area contributed by atoms with Gasteiger partial charge in [0.15, 0.2) is 0 Å². The number of carbonyl (C=O) groups excluding carboxylic acids is 2. The van der Waals surface area contributed by atoms with E-state index >= 15 is 0 Å². The van der Waals surface area contributed by atoms with Crippen molar-refractivity contribution >= 4 is 11.8 Å². The first kappa shape index (κ1) is 19.6. The summed E-state index contributed by atoms with van der Waals surface area (Å²) < 4.78 is 5.52. The minimum Gasteiger partial charge on any atom is -0.496 e. The number of nitrogens with zero attached hydrogens (tertiary/aromatic N) is 1. The molecule has 1 saturated heterocycles. The van der Waals surface area contributed by atoms with E-state index in [2.05, 4.69) is 19.1 Å². The van der Waals surface area contributed by atoms with E-state index in [9.17, 15) is 9.59 Å². The summed E-state index contributed by atoms with van der Waals surface area (Å²) in [6.07, 6.45) is 0. The predicted molar refractivity (Wildman–Crippen MR) is 110 cm³/mol. The molecule has 0 unspecified atom stereocenters. The summed E-state index contributed by atoms with van der Waals surface area (Å²) in [5.41, 5.74) is 3.59. The Labute approximate surface area is 171 Å². The highest BCUT2D eigenvalue weighted by molar-refractivity contribution is 6.21. The number of imide groups is 1. The van der Waals surface area contributed by atoms with Crippen LogP contribution in [0.3, 0.4) is 0 Å². The summed E-state index contributed by atoms with van der Waals surface area (Å²) in [4.78, 5) is 29.4. The number of piperazine rings is 1. The van der Waals surface area contributed by atoms with E-state index in [0.717, 1.165) is 45.0 Å². The summed E-state index contributed by atoms with van der Waals surface area (Å²) in [5, 5.41) is 0. The van der Waals surface area contributed by atoms with E-state index in [1.165, 1.54) is 20.9 Å². The first-order chi connectivity index (χ1) is 14.1. The minimum atomic E-state index is -0.152. The molecule has 0 bridgehead atoms. The van der Waals surface area contributed by atoms with Crippen molar-refractivity contribution < 1.29 is 24.1 Å². The molecule has 0 aliphatic carbocycles. The summed E-state index contributed by atoms with van der Waals surface area (Å²) in [6.45, 7) is 8.63. The van der Waals surface area contributed by atoms with E-state index in [-0.39, 0.29) is 11.8 Å². The van der Waals surface area contributed by atoms with Crippen LogP contribution in [0.1, 0.15) is 31.8 Å². The summed E-state index contributed by atoms with van der Waals surface area (Å²) >= 11 is 0. The summed E-state index contributed by atoms with van der Waals surface area (Å²) in [7, 11) is 1.73. The molecule has 2 aliphatic heterocycles. The molecule has 2 N–H and O–H groups in total. The molecule has 0 aromatic heterocycles. The highest BCUT2D eigenvalue weighted by atomic mass is 16.5. The Balaban J connectivity index is 1.29. The average molecular weight is 396 g/mol. The SMILES string of the molecule is COc1ccc(C)cc1C[NH+]1CC[NH+](CCN2C(=O)c3ccccc3C2=O)CC1. The molecule has 2 amide bonds. The van der Waals surface area contributed by atoms with Gasteiger partial charge in [0.1, 0.15) is 38.5 Å². The molecule has 2 aliphatic rings. The Morgan fingerprint density at radius 2 is 1.55 bits per heavy atom. The van der Waals surface area contributed by atoms with Crippen molar-refractivity contribution in [1.29, 1.82) is 0 Å². The molecule has 0 atom stereocenters. The van der Waals surface area contributed by atoms with Gasteiger partial charge in [-0.05, 0) is 31.2 Å². The van der Waals surface area contributed by atoms with Crippen LogP contribution in [-0.4, -0.2) is 63.1 Å². The second-order valence-corrected chi connectivity index (χ2v) is 8.05. The number of amides is 2. The lowest BCUT2D eigenvalue weighted by Gasteiger charge is -2.30. The number of fused-ring (bicyclic) bond motifs is 1. The maximum absolute atomic E-state index is 12.5. The monoisotopic (exact) mass is 395 g/mol. The van der Waals surface area contributed by atoms with Crippen LogP contribution in [-0.2, 0) is 6.54 Å². The number of hydrogen-bond donors (Lipinski definition) is 2. The lowest BCUT2D eigenvalue weighted by molar-refractivity contribution is -1.02. The second kappa shape index (κ2) is 8.35. The number of ether oxygens (including phenoxy) is 1. The topological polar surface area (TPSA) is 55.5 Å². The number of methoxy groups -OCH3 is 1. The number of hydrogen-bond acceptors (Lipinski definition) is 3. The Bertz CT molecular complexity index is 884. The van der Waals surface area contributed by atoms with Crippen LogP contribution in [0, 0.1) is 6.92 Å². The zero-order valence-electron chi connectivity index (χ0n) is 17.2. The molecule has 29 heavy (non-hydrogen) atoms. The number of quaternary nitrogens is 2. The third-order valence-corrected chi connectivity index (χ3v) is 6.11. The standard InChI is InChI=1S/C23H27N3O3/c1-17-7-8-21(29-2)18(15-17)16-25-11-9-24(10-12-25)13-14-26-22(27)19-5-3-4-6-20(19)23(26)28/h3-8,15H,9-14,16H2,1-2H3/p+2. The van der Waals surface area contributed by atoms with Gasteiger partial charge in [0.05, 0.1) is 31.3 Å². The average Bonchev–Trinajstić information content (AvgIpc) is 2.98. The molecular formula is C23H29N3O3+2. The molecule has 1 fully saturated rings. The lowest BCUT2D eigenvalue weighted by atomic mass is 10.1. The molecule has 2 heterocycles. The fourth-order valence-corrected chi connectivity index (χ4v) is 4.41. The third kappa shape index (κ3) is 4.04. The Morgan fingerprint density at radius 3 is 2.17 bits per heavy atom. The zero-order valence-corrected chi connectivity index (χ0v) is 17.2. The number of rotatable bonds is 6. The van der Waals surface area contributed by atoms with Crippen molar-refractivity contribution in [3.63, 3.8) is 0 Å². The van der Waals surface area contributed by atoms with Gasteiger partial charge in [0.25, 0.3) is 11.8 Å². The van der Waals surface area contributed by atoms with Crippen molar-refractivity contribution in [2.75, 3.05) is 46.4 Å². The van der Waals surface area contributed by atoms with Gasteiger partial charge >= 0.3 is 0 Å². The maximum atomic E-state index is 12.5. The molecule has 2 aromatic rings. The van der Waals surface area contributed by atoms with Crippen molar-refractivity contribution in [2.24, 2.45) is 0 Å². The molecule has 6 heteroatoms. The number of nitrogens with one attached hydrogen (secondary N) is 2. The van der Waals surface area contributed by atoms with E-state index in [4.69, 9.17) is 4.74 Å². The molecule has 0 spiro atoms. The first-order valence-corrected chi connectivity index (χ1v) is 10.3. The van der Waals surface area contributed by atoms with Crippen LogP contribution < -0.4 is 14.5 Å². The van der Waals surface area contributed by atoms with E-state index in [1.807, 2.05) is 18.2 Å². The molecular weight excluding hydrogens is 366 g/mol. The largest absolute Gasteiger partial charge is 0.496 e. The van der Waals surface area contributed by atoms with Crippen molar-refractivity contribution in [2.45, 2.75) is 13.5 Å². The highest BCUT2D eigenvalue weighted by Crippen LogP contribution is 2.21. The Hall–Kier alpha value is -2.70. The van der Waals surface area contributed by atoms with Gasteiger partial charge in [-0.2, -0.15) is 0 Å². The molecule has 6 nitrogen and oxygen atoms in total. The van der Waals surface area contributed by atoms with Crippen LogP contribution in [0.25, 0.3) is 0 Å². The van der Waals surface area contributed by atoms with Gasteiger partial charge in [0.2, 0.25) is 0 Å². The van der Waals surface area contributed by atoms with E-state index in [0.29, 0.717) is 17.7 Å². The number of carbonyl (C=O) groups is 2. The van der Waals surface area contributed by atoms with Crippen LogP contribution in [0.2, 0.25) is 0 Å². The van der Waals surface area contributed by atoms with Gasteiger partial charge in [-0.1, -0.05) is 23.8 Å². The molecule has 0 saturated carbocycles. The maximum Gasteiger partial charge on any atom is 0.261 e. The van der Waals surface area contributed by atoms with Gasteiger partial charge in [-0.15, -0.1) is 0 Å². The normalized spacial score (nSPS) is 21.4. The molecule has 0 radical (unpaired) electrons. The van der Waals surface area contributed by atoms with Crippen molar-refractivity contribution in [1.82, 2.24) is 4.90 Å². The van der Waals surface area contributed by atoms with Gasteiger partial charge in [-0.3, -0.25) is 14.5 Å². The number of benzene rings is 2. The van der Waals surface area contributed by atoms with Crippen LogP contribution in [0.4, 0.5) is 0 Å².